The van der Waals surface area contributed by atoms with Crippen LogP contribution in [0, 0.1) is 6.85 Å². The minimum atomic E-state index is -2.54. The highest BCUT2D eigenvalue weighted by atomic mass is 16.3. The molecule has 7 aromatic carbocycles. The number of phenols is 1. The van der Waals surface area contributed by atoms with E-state index in [2.05, 4.69) is 120 Å². The Kier molecular flexibility index (Phi) is 9.69. The summed E-state index contributed by atoms with van der Waals surface area (Å²) in [6, 6.07) is 54.4. The summed E-state index contributed by atoms with van der Waals surface area (Å²) in [4.78, 5) is 10.3. The van der Waals surface area contributed by atoms with E-state index in [1.165, 1.54) is 5.56 Å². The lowest BCUT2D eigenvalue weighted by Gasteiger charge is -2.22. The van der Waals surface area contributed by atoms with Gasteiger partial charge in [0.1, 0.15) is 11.6 Å². The Morgan fingerprint density at radius 2 is 1.24 bits per heavy atom. The molecule has 0 fully saturated rings. The molecule has 0 amide bonds. The van der Waals surface area contributed by atoms with Gasteiger partial charge in [-0.25, -0.2) is 4.98 Å². The molecular weight excluding hydrogens is 767 g/mol. The molecule has 0 aliphatic heterocycles. The second-order valence-corrected chi connectivity index (χ2v) is 18.0. The molecule has 4 heteroatoms. The van der Waals surface area contributed by atoms with E-state index in [1.54, 1.807) is 18.2 Å². The van der Waals surface area contributed by atoms with Gasteiger partial charge in [0, 0.05) is 22.8 Å². The number of imidazole rings is 1. The standard InChI is InChI=1S/C59H55N3O/c1-37(2)48-19-14-20-49(38(3)4)56(48)44-28-29-53(39(5)32-44)62-54-22-15-21-50(57(54)61-58(62)51-18-12-13-23-55(51)63)45-33-46(35-47(34-45)59(6,7)8)52-36-43(30-31-60-52)42-26-24-41(25-27-42)40-16-10-9-11-17-40/h9-38,63H,1-8H3/i5D3,37D. The van der Waals surface area contributed by atoms with Crippen LogP contribution in [-0.4, -0.2) is 19.6 Å². The highest BCUT2D eigenvalue weighted by Crippen LogP contribution is 2.42. The molecule has 0 aliphatic carbocycles. The third-order valence-electron chi connectivity index (χ3n) is 12.1. The smallest absolute Gasteiger partial charge is 0.149 e. The van der Waals surface area contributed by atoms with Crippen LogP contribution in [0.2, 0.25) is 0 Å². The first kappa shape index (κ1) is 36.6. The zero-order chi connectivity index (χ0) is 47.4. The summed E-state index contributed by atoms with van der Waals surface area (Å²) >= 11 is 0. The largest absolute Gasteiger partial charge is 0.507 e. The van der Waals surface area contributed by atoms with Gasteiger partial charge in [0.25, 0.3) is 0 Å². The number of nitrogens with zero attached hydrogens (tertiary/aromatic N) is 3. The van der Waals surface area contributed by atoms with E-state index in [4.69, 9.17) is 15.5 Å². The maximum Gasteiger partial charge on any atom is 0.149 e. The number of fused-ring (bicyclic) bond motifs is 1. The van der Waals surface area contributed by atoms with Gasteiger partial charge in [-0.2, -0.15) is 0 Å². The maximum absolute atomic E-state index is 11.4. The molecule has 0 atom stereocenters. The summed E-state index contributed by atoms with van der Waals surface area (Å²) in [5.74, 6) is -0.370. The van der Waals surface area contributed by atoms with Gasteiger partial charge in [0.05, 0.1) is 28.0 Å². The first-order valence-electron chi connectivity index (χ1n) is 23.7. The van der Waals surface area contributed by atoms with Crippen molar-refractivity contribution in [2.75, 3.05) is 0 Å². The van der Waals surface area contributed by atoms with Crippen molar-refractivity contribution in [2.24, 2.45) is 0 Å². The van der Waals surface area contributed by atoms with E-state index in [9.17, 15) is 5.11 Å². The fourth-order valence-corrected chi connectivity index (χ4v) is 8.71. The first-order valence-corrected chi connectivity index (χ1v) is 21.7. The third kappa shape index (κ3) is 7.98. The van der Waals surface area contributed by atoms with Crippen molar-refractivity contribution >= 4 is 11.0 Å². The van der Waals surface area contributed by atoms with Gasteiger partial charge in [-0.1, -0.05) is 158 Å². The second kappa shape index (κ2) is 16.7. The molecule has 0 bridgehead atoms. The summed E-state index contributed by atoms with van der Waals surface area (Å²) in [6.45, 7) is 12.0. The number of rotatable bonds is 9. The lowest BCUT2D eigenvalue weighted by Crippen LogP contribution is -2.11. The molecule has 2 heterocycles. The lowest BCUT2D eigenvalue weighted by atomic mass is 9.83. The van der Waals surface area contributed by atoms with Crippen molar-refractivity contribution in [3.63, 3.8) is 0 Å². The van der Waals surface area contributed by atoms with Gasteiger partial charge in [-0.05, 0) is 140 Å². The number of benzene rings is 7. The number of phenolic OH excluding ortho intramolecular Hbond substituents is 1. The molecule has 0 unspecified atom stereocenters. The SMILES string of the molecule is [2H]C([2H])([2H])c1cc(-c2c(C(C)C)cccc2C([2H])(C)C)ccc1-n1c(-c2ccccc2O)nc2c(-c3cc(-c4cc(-c5ccc(-c6ccccc6)cc5)ccn4)cc(C(C)(C)C)c3)cccc21. The van der Waals surface area contributed by atoms with E-state index in [-0.39, 0.29) is 22.6 Å². The number of pyridine rings is 1. The summed E-state index contributed by atoms with van der Waals surface area (Å²) in [5.41, 5.74) is 14.8. The molecular formula is C59H55N3O. The monoisotopic (exact) mass is 825 g/mol. The lowest BCUT2D eigenvalue weighted by molar-refractivity contribution is 0.477. The average molecular weight is 826 g/mol. The minimum Gasteiger partial charge on any atom is -0.507 e. The molecule has 312 valence electrons. The van der Waals surface area contributed by atoms with Crippen molar-refractivity contribution in [2.45, 2.75) is 72.5 Å². The molecule has 1 N–H and O–H groups in total. The molecule has 4 nitrogen and oxygen atoms in total. The fourth-order valence-electron chi connectivity index (χ4n) is 8.71. The van der Waals surface area contributed by atoms with Crippen molar-refractivity contribution < 1.29 is 10.6 Å². The number of aromatic nitrogens is 3. The summed E-state index contributed by atoms with van der Waals surface area (Å²) < 4.78 is 38.0. The molecule has 63 heavy (non-hydrogen) atoms. The van der Waals surface area contributed by atoms with E-state index in [0.717, 1.165) is 66.9 Å². The fraction of sp³-hybridized carbons (Fsp3) is 0.186. The summed E-state index contributed by atoms with van der Waals surface area (Å²) in [7, 11) is 0. The van der Waals surface area contributed by atoms with Gasteiger partial charge in [-0.15, -0.1) is 0 Å². The topological polar surface area (TPSA) is 50.9 Å². The molecule has 0 aliphatic rings. The second-order valence-electron chi connectivity index (χ2n) is 18.0. The van der Waals surface area contributed by atoms with Gasteiger partial charge in [0.2, 0.25) is 0 Å². The van der Waals surface area contributed by atoms with Crippen LogP contribution in [0.3, 0.4) is 0 Å². The molecule has 0 saturated carbocycles. The maximum atomic E-state index is 11.4. The van der Waals surface area contributed by atoms with E-state index in [0.29, 0.717) is 28.1 Å². The molecule has 2 aromatic heterocycles. The molecule has 0 radical (unpaired) electrons. The van der Waals surface area contributed by atoms with Crippen molar-refractivity contribution in [3.05, 3.63) is 192 Å². The zero-order valence-corrected chi connectivity index (χ0v) is 37.0. The zero-order valence-electron chi connectivity index (χ0n) is 41.0. The first-order chi connectivity index (χ1) is 31.9. The Labute approximate surface area is 378 Å². The quantitative estimate of drug-likeness (QED) is 0.158. The van der Waals surface area contributed by atoms with Crippen LogP contribution in [0.5, 0.6) is 5.75 Å². The number of para-hydroxylation sites is 2. The Morgan fingerprint density at radius 1 is 0.587 bits per heavy atom. The third-order valence-corrected chi connectivity index (χ3v) is 12.1. The van der Waals surface area contributed by atoms with Crippen LogP contribution < -0.4 is 0 Å². The van der Waals surface area contributed by atoms with Gasteiger partial charge >= 0.3 is 0 Å². The highest BCUT2D eigenvalue weighted by molar-refractivity contribution is 5.97. The van der Waals surface area contributed by atoms with Crippen molar-refractivity contribution in [1.82, 2.24) is 14.5 Å². The van der Waals surface area contributed by atoms with Crippen molar-refractivity contribution in [1.29, 1.82) is 0 Å². The molecule has 9 aromatic rings. The van der Waals surface area contributed by atoms with Gasteiger partial charge < -0.3 is 5.11 Å². The van der Waals surface area contributed by atoms with Crippen LogP contribution in [0.1, 0.15) is 88.0 Å². The molecule has 9 rings (SSSR count). The van der Waals surface area contributed by atoms with Crippen LogP contribution in [0.25, 0.3) is 83.9 Å². The van der Waals surface area contributed by atoms with Gasteiger partial charge in [-0.3, -0.25) is 9.55 Å². The minimum absolute atomic E-state index is 0.0264. The normalized spacial score (nSPS) is 13.1. The number of hydrogen-bond acceptors (Lipinski definition) is 3. The van der Waals surface area contributed by atoms with Crippen LogP contribution in [0.4, 0.5) is 0 Å². The van der Waals surface area contributed by atoms with Gasteiger partial charge in [0.15, 0.2) is 0 Å². The average Bonchev–Trinajstić information content (AvgIpc) is 3.70. The van der Waals surface area contributed by atoms with E-state index < -0.39 is 12.7 Å². The van der Waals surface area contributed by atoms with E-state index in [1.807, 2.05) is 85.3 Å². The van der Waals surface area contributed by atoms with Crippen LogP contribution in [-0.2, 0) is 5.41 Å². The summed E-state index contributed by atoms with van der Waals surface area (Å²) in [5, 5.41) is 11.4. The van der Waals surface area contributed by atoms with E-state index >= 15 is 0 Å². The Balaban J connectivity index is 1.24. The molecule has 0 spiro atoms. The molecule has 0 saturated heterocycles. The number of aryl methyl sites for hydroxylation is 1. The number of hydrogen-bond donors (Lipinski definition) is 1. The van der Waals surface area contributed by atoms with Crippen molar-refractivity contribution in [3.8, 4) is 78.6 Å². The Hall–Kier alpha value is -7.04. The number of aromatic hydroxyl groups is 1. The van der Waals surface area contributed by atoms with Crippen LogP contribution in [0.15, 0.2) is 170 Å². The predicted octanol–water partition coefficient (Wildman–Crippen LogP) is 16.0. The Morgan fingerprint density at radius 3 is 1.95 bits per heavy atom. The van der Waals surface area contributed by atoms with Crippen LogP contribution >= 0.6 is 0 Å². The Bertz CT molecular complexity index is 3280. The summed E-state index contributed by atoms with van der Waals surface area (Å²) in [6.07, 6.45) is 1.87. The highest BCUT2D eigenvalue weighted by Gasteiger charge is 2.24. The predicted molar refractivity (Wildman–Crippen MR) is 265 cm³/mol.